The average Bonchev–Trinajstić information content (AvgIpc) is 2.75. The molecule has 0 saturated carbocycles. The molecule has 2 aromatic carbocycles. The molecular formula is C22H28BrN3O2. The van der Waals surface area contributed by atoms with Crippen molar-refractivity contribution in [1.29, 1.82) is 0 Å². The Labute approximate surface area is 175 Å². The van der Waals surface area contributed by atoms with Crippen LogP contribution in [0.5, 0.6) is 5.75 Å². The maximum absolute atomic E-state index is 5.64. The lowest BCUT2D eigenvalue weighted by Gasteiger charge is -2.38. The normalized spacial score (nSPS) is 16.5. The highest BCUT2D eigenvalue weighted by Gasteiger charge is 2.34. The lowest BCUT2D eigenvalue weighted by Crippen LogP contribution is -2.47. The van der Waals surface area contributed by atoms with Crippen molar-refractivity contribution >= 4 is 21.9 Å². The van der Waals surface area contributed by atoms with Gasteiger partial charge in [-0.15, -0.1) is 0 Å². The van der Waals surface area contributed by atoms with Gasteiger partial charge in [-0.05, 0) is 36.6 Å². The Kier molecular flexibility index (Phi) is 7.34. The average molecular weight is 446 g/mol. The van der Waals surface area contributed by atoms with E-state index < -0.39 is 0 Å². The first kappa shape index (κ1) is 20.7. The minimum Gasteiger partial charge on any atom is -0.496 e. The van der Waals surface area contributed by atoms with Gasteiger partial charge in [-0.1, -0.05) is 46.3 Å². The molecule has 2 aromatic rings. The number of guanidine groups is 1. The Bertz CT molecular complexity index is 787. The van der Waals surface area contributed by atoms with Gasteiger partial charge in [0, 0.05) is 48.8 Å². The van der Waals surface area contributed by atoms with E-state index in [1.165, 1.54) is 5.56 Å². The number of benzene rings is 2. The van der Waals surface area contributed by atoms with Gasteiger partial charge in [-0.25, -0.2) is 0 Å². The maximum atomic E-state index is 5.64. The highest BCUT2D eigenvalue weighted by atomic mass is 79.9. The molecule has 1 aliphatic rings. The summed E-state index contributed by atoms with van der Waals surface area (Å²) in [4.78, 5) is 4.40. The molecule has 0 atom stereocenters. The van der Waals surface area contributed by atoms with Gasteiger partial charge in [0.25, 0.3) is 0 Å². The van der Waals surface area contributed by atoms with Gasteiger partial charge in [-0.3, -0.25) is 4.99 Å². The quantitative estimate of drug-likeness (QED) is 0.523. The van der Waals surface area contributed by atoms with Crippen molar-refractivity contribution in [1.82, 2.24) is 10.6 Å². The third kappa shape index (κ3) is 5.06. The number of hydrogen-bond acceptors (Lipinski definition) is 3. The second-order valence-corrected chi connectivity index (χ2v) is 7.91. The van der Waals surface area contributed by atoms with Gasteiger partial charge in [-0.2, -0.15) is 0 Å². The Morgan fingerprint density at radius 3 is 2.50 bits per heavy atom. The topological polar surface area (TPSA) is 54.9 Å². The van der Waals surface area contributed by atoms with E-state index in [1.54, 1.807) is 14.2 Å². The van der Waals surface area contributed by atoms with Crippen LogP contribution in [0.15, 0.2) is 58.0 Å². The number of halogens is 1. The molecule has 1 fully saturated rings. The van der Waals surface area contributed by atoms with Gasteiger partial charge < -0.3 is 20.1 Å². The first-order chi connectivity index (χ1) is 13.7. The van der Waals surface area contributed by atoms with E-state index in [-0.39, 0.29) is 5.41 Å². The summed E-state index contributed by atoms with van der Waals surface area (Å²) in [5.41, 5.74) is 2.48. The minimum absolute atomic E-state index is 0.0427. The van der Waals surface area contributed by atoms with E-state index in [1.807, 2.05) is 18.2 Å². The Balaban J connectivity index is 1.67. The molecule has 0 aromatic heterocycles. The summed E-state index contributed by atoms with van der Waals surface area (Å²) in [6, 6.07) is 16.7. The molecule has 0 aliphatic carbocycles. The van der Waals surface area contributed by atoms with Crippen molar-refractivity contribution in [3.63, 3.8) is 0 Å². The standard InChI is InChI=1S/C22H28BrN3O2/c1-24-21(25-15-17-5-3-4-6-20(17)27-2)26-16-22(11-13-28-14-12-22)18-7-9-19(23)10-8-18/h3-10H,11-16H2,1-2H3,(H2,24,25,26). The molecule has 2 N–H and O–H groups in total. The van der Waals surface area contributed by atoms with Crippen LogP contribution in [0.2, 0.25) is 0 Å². The second kappa shape index (κ2) is 9.94. The third-order valence-electron chi connectivity index (χ3n) is 5.36. The number of ether oxygens (including phenoxy) is 2. The molecule has 5 nitrogen and oxygen atoms in total. The number of nitrogens with one attached hydrogen (secondary N) is 2. The molecule has 0 radical (unpaired) electrons. The monoisotopic (exact) mass is 445 g/mol. The highest BCUT2D eigenvalue weighted by molar-refractivity contribution is 9.10. The molecule has 3 rings (SSSR count). The van der Waals surface area contributed by atoms with Gasteiger partial charge in [0.05, 0.1) is 7.11 Å². The molecule has 0 unspecified atom stereocenters. The number of nitrogens with zero attached hydrogens (tertiary/aromatic N) is 1. The number of aliphatic imine (C=N–C) groups is 1. The lowest BCUT2D eigenvalue weighted by molar-refractivity contribution is 0.0514. The van der Waals surface area contributed by atoms with Crippen molar-refractivity contribution in [2.45, 2.75) is 24.8 Å². The predicted molar refractivity (Wildman–Crippen MR) is 117 cm³/mol. The molecule has 1 saturated heterocycles. The maximum Gasteiger partial charge on any atom is 0.191 e. The third-order valence-corrected chi connectivity index (χ3v) is 5.89. The lowest BCUT2D eigenvalue weighted by atomic mass is 9.74. The van der Waals surface area contributed by atoms with Crippen LogP contribution < -0.4 is 15.4 Å². The zero-order valence-corrected chi connectivity index (χ0v) is 18.1. The summed E-state index contributed by atoms with van der Waals surface area (Å²) in [7, 11) is 3.49. The molecule has 6 heteroatoms. The molecule has 0 bridgehead atoms. The Hall–Kier alpha value is -2.05. The van der Waals surface area contributed by atoms with Crippen LogP contribution in [0.1, 0.15) is 24.0 Å². The summed E-state index contributed by atoms with van der Waals surface area (Å²) in [5.74, 6) is 1.66. The van der Waals surface area contributed by atoms with Crippen LogP contribution in [0, 0.1) is 0 Å². The fourth-order valence-electron chi connectivity index (χ4n) is 3.63. The number of hydrogen-bond donors (Lipinski definition) is 2. The molecule has 0 spiro atoms. The van der Waals surface area contributed by atoms with E-state index in [9.17, 15) is 0 Å². The van der Waals surface area contributed by atoms with Crippen molar-refractivity contribution in [2.75, 3.05) is 33.9 Å². The first-order valence-electron chi connectivity index (χ1n) is 9.57. The molecule has 0 amide bonds. The van der Waals surface area contributed by atoms with E-state index in [2.05, 4.69) is 61.9 Å². The van der Waals surface area contributed by atoms with Crippen LogP contribution in [-0.4, -0.2) is 39.9 Å². The van der Waals surface area contributed by atoms with E-state index in [4.69, 9.17) is 9.47 Å². The van der Waals surface area contributed by atoms with Gasteiger partial charge >= 0.3 is 0 Å². The Morgan fingerprint density at radius 2 is 1.82 bits per heavy atom. The SMILES string of the molecule is CN=C(NCc1ccccc1OC)NCC1(c2ccc(Br)cc2)CCOCC1. The second-order valence-electron chi connectivity index (χ2n) is 6.99. The smallest absolute Gasteiger partial charge is 0.191 e. The van der Waals surface area contributed by atoms with Crippen molar-refractivity contribution in [3.8, 4) is 5.75 Å². The molecule has 28 heavy (non-hydrogen) atoms. The first-order valence-corrected chi connectivity index (χ1v) is 10.4. The predicted octanol–water partition coefficient (Wildman–Crippen LogP) is 3.87. The zero-order chi connectivity index (χ0) is 19.8. The molecular weight excluding hydrogens is 418 g/mol. The summed E-state index contributed by atoms with van der Waals surface area (Å²) < 4.78 is 12.2. The number of methoxy groups -OCH3 is 1. The number of para-hydroxylation sites is 1. The highest BCUT2D eigenvalue weighted by Crippen LogP contribution is 2.35. The Morgan fingerprint density at radius 1 is 1.11 bits per heavy atom. The van der Waals surface area contributed by atoms with E-state index >= 15 is 0 Å². The van der Waals surface area contributed by atoms with Crippen molar-refractivity contribution in [2.24, 2.45) is 4.99 Å². The van der Waals surface area contributed by atoms with Gasteiger partial charge in [0.2, 0.25) is 0 Å². The summed E-state index contributed by atoms with van der Waals surface area (Å²) in [5, 5.41) is 6.93. The molecule has 1 heterocycles. The van der Waals surface area contributed by atoms with Crippen LogP contribution in [-0.2, 0) is 16.7 Å². The van der Waals surface area contributed by atoms with Crippen LogP contribution >= 0.6 is 15.9 Å². The van der Waals surface area contributed by atoms with Crippen LogP contribution in [0.4, 0.5) is 0 Å². The van der Waals surface area contributed by atoms with E-state index in [0.29, 0.717) is 6.54 Å². The van der Waals surface area contributed by atoms with Crippen LogP contribution in [0.25, 0.3) is 0 Å². The van der Waals surface area contributed by atoms with E-state index in [0.717, 1.165) is 54.3 Å². The summed E-state index contributed by atoms with van der Waals surface area (Å²) in [6.07, 6.45) is 1.98. The van der Waals surface area contributed by atoms with Crippen molar-refractivity contribution < 1.29 is 9.47 Å². The molecule has 1 aliphatic heterocycles. The summed E-state index contributed by atoms with van der Waals surface area (Å²) >= 11 is 3.54. The zero-order valence-electron chi connectivity index (χ0n) is 16.5. The number of rotatable bonds is 6. The van der Waals surface area contributed by atoms with Crippen LogP contribution in [0.3, 0.4) is 0 Å². The minimum atomic E-state index is 0.0427. The molecule has 150 valence electrons. The van der Waals surface area contributed by atoms with Crippen molar-refractivity contribution in [3.05, 3.63) is 64.1 Å². The fraction of sp³-hybridized carbons (Fsp3) is 0.409. The fourth-order valence-corrected chi connectivity index (χ4v) is 3.90. The summed E-state index contributed by atoms with van der Waals surface area (Å²) in [6.45, 7) is 3.03. The van der Waals surface area contributed by atoms with Gasteiger partial charge in [0.15, 0.2) is 5.96 Å². The largest absolute Gasteiger partial charge is 0.496 e. The van der Waals surface area contributed by atoms with Gasteiger partial charge in [0.1, 0.15) is 5.75 Å².